The highest BCUT2D eigenvalue weighted by atomic mass is 32.2. The Kier molecular flexibility index (Phi) is 4.78. The van der Waals surface area contributed by atoms with Crippen molar-refractivity contribution >= 4 is 11.8 Å². The standard InChI is InChI=1S/C13H17N3OS/c1-11(7-17)8-18-9-13-14-10-16(15-13)12-5-3-2-4-6-12/h2-6,10-11,17H,7-9H2,1H3. The number of benzene rings is 1. The fraction of sp³-hybridized carbons (Fsp3) is 0.385. The third-order valence-corrected chi connectivity index (χ3v) is 3.77. The van der Waals surface area contributed by atoms with Crippen LogP contribution < -0.4 is 0 Å². The van der Waals surface area contributed by atoms with Crippen molar-refractivity contribution in [3.8, 4) is 5.69 Å². The molecule has 0 bridgehead atoms. The summed E-state index contributed by atoms with van der Waals surface area (Å²) in [6.45, 7) is 2.27. The first-order valence-electron chi connectivity index (χ1n) is 5.94. The first kappa shape index (κ1) is 13.1. The maximum absolute atomic E-state index is 8.94. The molecule has 0 fully saturated rings. The summed E-state index contributed by atoms with van der Waals surface area (Å²) >= 11 is 1.75. The van der Waals surface area contributed by atoms with E-state index in [2.05, 4.69) is 10.1 Å². The van der Waals surface area contributed by atoms with Gasteiger partial charge in [0.25, 0.3) is 0 Å². The molecule has 2 aromatic rings. The minimum atomic E-state index is 0.235. The highest BCUT2D eigenvalue weighted by Crippen LogP contribution is 2.13. The molecule has 4 nitrogen and oxygen atoms in total. The molecule has 2 rings (SSSR count). The average Bonchev–Trinajstić information content (AvgIpc) is 2.88. The van der Waals surface area contributed by atoms with Gasteiger partial charge in [-0.2, -0.15) is 16.9 Å². The van der Waals surface area contributed by atoms with Crippen LogP contribution in [0.25, 0.3) is 5.69 Å². The topological polar surface area (TPSA) is 50.9 Å². The highest BCUT2D eigenvalue weighted by Gasteiger charge is 2.04. The van der Waals surface area contributed by atoms with E-state index in [0.29, 0.717) is 5.92 Å². The van der Waals surface area contributed by atoms with Gasteiger partial charge in [0.2, 0.25) is 0 Å². The zero-order chi connectivity index (χ0) is 12.8. The first-order valence-corrected chi connectivity index (χ1v) is 7.09. The predicted octanol–water partition coefficient (Wildman–Crippen LogP) is 2.13. The normalized spacial score (nSPS) is 12.6. The van der Waals surface area contributed by atoms with E-state index in [1.165, 1.54) is 0 Å². The molecule has 0 saturated heterocycles. The predicted molar refractivity (Wildman–Crippen MR) is 73.8 cm³/mol. The van der Waals surface area contributed by atoms with Crippen molar-refractivity contribution in [2.45, 2.75) is 12.7 Å². The molecule has 1 heterocycles. The second-order valence-electron chi connectivity index (χ2n) is 4.24. The third-order valence-electron chi connectivity index (χ3n) is 2.51. The van der Waals surface area contributed by atoms with Crippen molar-refractivity contribution in [3.05, 3.63) is 42.5 Å². The summed E-state index contributed by atoms with van der Waals surface area (Å²) < 4.78 is 1.78. The Morgan fingerprint density at radius 1 is 1.33 bits per heavy atom. The van der Waals surface area contributed by atoms with Crippen molar-refractivity contribution in [2.75, 3.05) is 12.4 Å². The van der Waals surface area contributed by atoms with Crippen LogP contribution in [-0.2, 0) is 5.75 Å². The lowest BCUT2D eigenvalue weighted by Gasteiger charge is -2.04. The van der Waals surface area contributed by atoms with Gasteiger partial charge in [-0.05, 0) is 23.8 Å². The second kappa shape index (κ2) is 6.56. The molecular weight excluding hydrogens is 246 g/mol. The molecule has 0 saturated carbocycles. The lowest BCUT2D eigenvalue weighted by atomic mass is 10.2. The molecule has 1 aromatic heterocycles. The Bertz CT molecular complexity index is 472. The molecule has 1 atom stereocenters. The number of aliphatic hydroxyl groups excluding tert-OH is 1. The van der Waals surface area contributed by atoms with Gasteiger partial charge < -0.3 is 5.11 Å². The Labute approximate surface area is 111 Å². The van der Waals surface area contributed by atoms with Crippen molar-refractivity contribution in [1.29, 1.82) is 0 Å². The summed E-state index contributed by atoms with van der Waals surface area (Å²) in [5.41, 5.74) is 1.02. The Morgan fingerprint density at radius 3 is 2.83 bits per heavy atom. The maximum atomic E-state index is 8.94. The van der Waals surface area contributed by atoms with E-state index in [9.17, 15) is 0 Å². The SMILES string of the molecule is CC(CO)CSCc1ncn(-c2ccccc2)n1. The summed E-state index contributed by atoms with van der Waals surface area (Å²) in [6.07, 6.45) is 1.74. The molecule has 0 radical (unpaired) electrons. The number of aromatic nitrogens is 3. The molecule has 0 aliphatic carbocycles. The summed E-state index contributed by atoms with van der Waals surface area (Å²) in [7, 11) is 0. The van der Waals surface area contributed by atoms with Crippen molar-refractivity contribution < 1.29 is 5.11 Å². The van der Waals surface area contributed by atoms with Gasteiger partial charge in [0.1, 0.15) is 6.33 Å². The van der Waals surface area contributed by atoms with E-state index >= 15 is 0 Å². The molecule has 96 valence electrons. The number of aliphatic hydroxyl groups is 1. The molecule has 1 aromatic carbocycles. The molecule has 0 aliphatic heterocycles. The molecule has 0 aliphatic rings. The molecular formula is C13H17N3OS. The van der Waals surface area contributed by atoms with E-state index in [1.54, 1.807) is 22.8 Å². The van der Waals surface area contributed by atoms with Gasteiger partial charge >= 0.3 is 0 Å². The van der Waals surface area contributed by atoms with Gasteiger partial charge in [0, 0.05) is 6.61 Å². The smallest absolute Gasteiger partial charge is 0.160 e. The number of rotatable bonds is 6. The van der Waals surface area contributed by atoms with Gasteiger partial charge in [-0.25, -0.2) is 9.67 Å². The van der Waals surface area contributed by atoms with Gasteiger partial charge in [-0.1, -0.05) is 25.1 Å². The zero-order valence-electron chi connectivity index (χ0n) is 10.4. The van der Waals surface area contributed by atoms with Crippen LogP contribution in [0.15, 0.2) is 36.7 Å². The van der Waals surface area contributed by atoms with Crippen LogP contribution in [-0.4, -0.2) is 32.2 Å². The van der Waals surface area contributed by atoms with Crippen LogP contribution in [0.4, 0.5) is 0 Å². The summed E-state index contributed by atoms with van der Waals surface area (Å²) in [4.78, 5) is 4.28. The molecule has 0 amide bonds. The molecule has 0 spiro atoms. The van der Waals surface area contributed by atoms with E-state index in [4.69, 9.17) is 5.11 Å². The van der Waals surface area contributed by atoms with Crippen LogP contribution in [0.3, 0.4) is 0 Å². The fourth-order valence-corrected chi connectivity index (χ4v) is 2.41. The summed E-state index contributed by atoms with van der Waals surface area (Å²) in [6, 6.07) is 9.94. The van der Waals surface area contributed by atoms with E-state index in [-0.39, 0.29) is 6.61 Å². The summed E-state index contributed by atoms with van der Waals surface area (Å²) in [5, 5.41) is 13.4. The Balaban J connectivity index is 1.91. The van der Waals surface area contributed by atoms with E-state index in [0.717, 1.165) is 23.0 Å². The van der Waals surface area contributed by atoms with Crippen molar-refractivity contribution in [2.24, 2.45) is 5.92 Å². The first-order chi connectivity index (χ1) is 8.79. The van der Waals surface area contributed by atoms with Gasteiger partial charge in [0.15, 0.2) is 5.82 Å². The fourth-order valence-electron chi connectivity index (χ4n) is 1.47. The average molecular weight is 263 g/mol. The van der Waals surface area contributed by atoms with Gasteiger partial charge in [-0.15, -0.1) is 0 Å². The molecule has 1 N–H and O–H groups in total. The van der Waals surface area contributed by atoms with Crippen LogP contribution in [0.5, 0.6) is 0 Å². The third kappa shape index (κ3) is 3.58. The Morgan fingerprint density at radius 2 is 2.11 bits per heavy atom. The zero-order valence-corrected chi connectivity index (χ0v) is 11.2. The lowest BCUT2D eigenvalue weighted by Crippen LogP contribution is -2.04. The van der Waals surface area contributed by atoms with Gasteiger partial charge in [-0.3, -0.25) is 0 Å². The van der Waals surface area contributed by atoms with Crippen LogP contribution in [0, 0.1) is 5.92 Å². The monoisotopic (exact) mass is 263 g/mol. The quantitative estimate of drug-likeness (QED) is 0.867. The lowest BCUT2D eigenvalue weighted by molar-refractivity contribution is 0.250. The van der Waals surface area contributed by atoms with Gasteiger partial charge in [0.05, 0.1) is 11.4 Å². The molecule has 18 heavy (non-hydrogen) atoms. The molecule has 1 unspecified atom stereocenters. The van der Waals surface area contributed by atoms with Crippen LogP contribution in [0.1, 0.15) is 12.7 Å². The number of nitrogens with zero attached hydrogens (tertiary/aromatic N) is 3. The van der Waals surface area contributed by atoms with E-state index in [1.807, 2.05) is 37.3 Å². The maximum Gasteiger partial charge on any atom is 0.160 e. The minimum Gasteiger partial charge on any atom is -0.396 e. The number of thioether (sulfide) groups is 1. The number of para-hydroxylation sites is 1. The highest BCUT2D eigenvalue weighted by molar-refractivity contribution is 7.98. The van der Waals surface area contributed by atoms with Crippen LogP contribution >= 0.6 is 11.8 Å². The van der Waals surface area contributed by atoms with Crippen LogP contribution in [0.2, 0.25) is 0 Å². The number of hydrogen-bond acceptors (Lipinski definition) is 4. The number of hydrogen-bond donors (Lipinski definition) is 1. The largest absolute Gasteiger partial charge is 0.396 e. The molecule has 5 heteroatoms. The van der Waals surface area contributed by atoms with E-state index < -0.39 is 0 Å². The Hall–Kier alpha value is -1.33. The van der Waals surface area contributed by atoms with Crippen molar-refractivity contribution in [3.63, 3.8) is 0 Å². The van der Waals surface area contributed by atoms with Crippen molar-refractivity contribution in [1.82, 2.24) is 14.8 Å². The summed E-state index contributed by atoms with van der Waals surface area (Å²) in [5.74, 6) is 2.86. The minimum absolute atomic E-state index is 0.235. The second-order valence-corrected chi connectivity index (χ2v) is 5.27.